The molecule has 4 fully saturated rings. The minimum absolute atomic E-state index is 0.133. The van der Waals surface area contributed by atoms with E-state index in [1.54, 1.807) is 0 Å². The molecule has 1 unspecified atom stereocenters. The lowest BCUT2D eigenvalue weighted by molar-refractivity contribution is -0.182. The zero-order valence-corrected chi connectivity index (χ0v) is 14.8. The third-order valence-corrected chi connectivity index (χ3v) is 8.65. The van der Waals surface area contributed by atoms with Crippen LogP contribution < -0.4 is 0 Å². The monoisotopic (exact) mass is 320 g/mol. The largest absolute Gasteiger partial charge is 0.393 e. The van der Waals surface area contributed by atoms with Crippen molar-refractivity contribution in [3.05, 3.63) is 0 Å². The Morgan fingerprint density at radius 2 is 1.78 bits per heavy atom. The molecule has 0 aliphatic heterocycles. The van der Waals surface area contributed by atoms with Gasteiger partial charge in [0.2, 0.25) is 0 Å². The third-order valence-electron chi connectivity index (χ3n) is 8.65. The molecule has 4 saturated carbocycles. The van der Waals surface area contributed by atoms with Crippen LogP contribution in [0.4, 0.5) is 0 Å². The fourth-order valence-corrected chi connectivity index (χ4v) is 7.49. The van der Waals surface area contributed by atoms with Crippen LogP contribution >= 0.6 is 0 Å². The second-order valence-corrected chi connectivity index (χ2v) is 9.71. The Hall–Kier alpha value is -0.410. The Kier molecular flexibility index (Phi) is 3.53. The molecule has 3 nitrogen and oxygen atoms in total. The molecule has 23 heavy (non-hydrogen) atoms. The van der Waals surface area contributed by atoms with Gasteiger partial charge in [0, 0.05) is 11.8 Å². The molecule has 0 bridgehead atoms. The quantitative estimate of drug-likeness (QED) is 0.721. The first-order valence-corrected chi connectivity index (χ1v) is 9.67. The van der Waals surface area contributed by atoms with Crippen LogP contribution in [0.2, 0.25) is 0 Å². The third kappa shape index (κ3) is 2.05. The maximum absolute atomic E-state index is 12.5. The molecule has 4 rings (SSSR count). The summed E-state index contributed by atoms with van der Waals surface area (Å²) in [6, 6.07) is 0. The lowest BCUT2D eigenvalue weighted by Crippen LogP contribution is -2.60. The van der Waals surface area contributed by atoms with Crippen LogP contribution in [0.3, 0.4) is 0 Å². The SMILES string of the molecule is C[C@@H]1C[C@@]2(C)[C@@H](CC[C@@H]3[C@@H]2[C@@H](O)C[C@]2(C)C(=O)CC[C@@H]32)CC1O. The number of fused-ring (bicyclic) bond motifs is 5. The normalized spacial score (nSPS) is 59.2. The molecule has 4 aliphatic carbocycles. The van der Waals surface area contributed by atoms with Crippen molar-refractivity contribution < 1.29 is 15.0 Å². The average Bonchev–Trinajstić information content (AvgIpc) is 2.76. The van der Waals surface area contributed by atoms with Gasteiger partial charge in [-0.05, 0) is 73.5 Å². The number of Topliss-reactive ketones (excluding diaryl/α,β-unsaturated/α-hetero) is 1. The molecule has 3 heteroatoms. The molecule has 0 aromatic heterocycles. The lowest BCUT2D eigenvalue weighted by Gasteiger charge is -2.62. The van der Waals surface area contributed by atoms with E-state index in [1.165, 1.54) is 0 Å². The van der Waals surface area contributed by atoms with Crippen molar-refractivity contribution in [2.24, 2.45) is 40.4 Å². The summed E-state index contributed by atoms with van der Waals surface area (Å²) in [5, 5.41) is 21.4. The Morgan fingerprint density at radius 3 is 2.52 bits per heavy atom. The number of aliphatic hydroxyl groups excluding tert-OH is 2. The summed E-state index contributed by atoms with van der Waals surface area (Å²) in [6.07, 6.45) is 6.10. The highest BCUT2D eigenvalue weighted by Gasteiger charge is 2.63. The first kappa shape index (κ1) is 16.1. The van der Waals surface area contributed by atoms with Crippen LogP contribution in [0.1, 0.15) is 65.7 Å². The van der Waals surface area contributed by atoms with Gasteiger partial charge < -0.3 is 10.2 Å². The molecular weight excluding hydrogens is 288 g/mol. The van der Waals surface area contributed by atoms with Crippen molar-refractivity contribution in [2.75, 3.05) is 0 Å². The van der Waals surface area contributed by atoms with E-state index in [9.17, 15) is 15.0 Å². The van der Waals surface area contributed by atoms with Gasteiger partial charge in [-0.2, -0.15) is 0 Å². The standard InChI is InChI=1S/C20H32O3/c1-11-9-19(2)12(8-15(11)21)4-5-13-14-6-7-17(23)20(14,3)10-16(22)18(13)19/h11-16,18,21-22H,4-10H2,1-3H3/t11-,12+,13+,14+,15?,16+,18-,19+,20+/m1/s1. The van der Waals surface area contributed by atoms with Crippen LogP contribution in [0.5, 0.6) is 0 Å². The van der Waals surface area contributed by atoms with E-state index in [0.717, 1.165) is 32.1 Å². The molecule has 0 amide bonds. The van der Waals surface area contributed by atoms with Crippen molar-refractivity contribution in [3.8, 4) is 0 Å². The molecular formula is C20H32O3. The van der Waals surface area contributed by atoms with Crippen LogP contribution in [0.25, 0.3) is 0 Å². The van der Waals surface area contributed by atoms with Gasteiger partial charge in [0.1, 0.15) is 5.78 Å². The number of aliphatic hydroxyl groups is 2. The van der Waals surface area contributed by atoms with Gasteiger partial charge in [-0.1, -0.05) is 20.8 Å². The number of rotatable bonds is 0. The predicted octanol–water partition coefficient (Wildman–Crippen LogP) is 3.18. The Labute approximate surface area is 139 Å². The van der Waals surface area contributed by atoms with Crippen molar-refractivity contribution in [1.29, 1.82) is 0 Å². The minimum Gasteiger partial charge on any atom is -0.393 e. The highest BCUT2D eigenvalue weighted by molar-refractivity contribution is 5.87. The van der Waals surface area contributed by atoms with Crippen molar-refractivity contribution >= 4 is 5.78 Å². The van der Waals surface area contributed by atoms with E-state index in [2.05, 4.69) is 20.8 Å². The van der Waals surface area contributed by atoms with E-state index in [4.69, 9.17) is 0 Å². The summed E-state index contributed by atoms with van der Waals surface area (Å²) in [4.78, 5) is 12.5. The Bertz CT molecular complexity index is 517. The highest BCUT2D eigenvalue weighted by atomic mass is 16.3. The average molecular weight is 320 g/mol. The molecule has 4 aliphatic rings. The van der Waals surface area contributed by atoms with Gasteiger partial charge in [-0.25, -0.2) is 0 Å². The second kappa shape index (κ2) is 5.05. The molecule has 0 radical (unpaired) electrons. The molecule has 9 atom stereocenters. The number of hydrogen-bond acceptors (Lipinski definition) is 3. The minimum atomic E-state index is -0.349. The first-order valence-electron chi connectivity index (χ1n) is 9.67. The summed E-state index contributed by atoms with van der Waals surface area (Å²) in [7, 11) is 0. The van der Waals surface area contributed by atoms with Gasteiger partial charge in [0.25, 0.3) is 0 Å². The van der Waals surface area contributed by atoms with E-state index >= 15 is 0 Å². The lowest BCUT2D eigenvalue weighted by atomic mass is 9.43. The molecule has 2 N–H and O–H groups in total. The Morgan fingerprint density at radius 1 is 1.04 bits per heavy atom. The van der Waals surface area contributed by atoms with Crippen LogP contribution in [0.15, 0.2) is 0 Å². The molecule has 0 aromatic carbocycles. The summed E-state index contributed by atoms with van der Waals surface area (Å²) in [5.41, 5.74) is -0.141. The topological polar surface area (TPSA) is 57.5 Å². The summed E-state index contributed by atoms with van der Waals surface area (Å²) in [6.45, 7) is 6.65. The molecule has 0 aromatic rings. The van der Waals surface area contributed by atoms with Crippen molar-refractivity contribution in [2.45, 2.75) is 77.9 Å². The van der Waals surface area contributed by atoms with E-state index in [0.29, 0.717) is 48.2 Å². The van der Waals surface area contributed by atoms with Gasteiger partial charge in [0.15, 0.2) is 0 Å². The van der Waals surface area contributed by atoms with Crippen molar-refractivity contribution in [3.63, 3.8) is 0 Å². The zero-order chi connectivity index (χ0) is 16.6. The second-order valence-electron chi connectivity index (χ2n) is 9.71. The van der Waals surface area contributed by atoms with E-state index in [1.807, 2.05) is 0 Å². The van der Waals surface area contributed by atoms with Crippen LogP contribution in [-0.2, 0) is 4.79 Å². The highest BCUT2D eigenvalue weighted by Crippen LogP contribution is 2.65. The predicted molar refractivity (Wildman–Crippen MR) is 88.7 cm³/mol. The number of ketones is 1. The summed E-state index contributed by atoms with van der Waals surface area (Å²) >= 11 is 0. The number of carbonyl (C=O) groups is 1. The van der Waals surface area contributed by atoms with Crippen LogP contribution in [-0.4, -0.2) is 28.2 Å². The van der Waals surface area contributed by atoms with Crippen molar-refractivity contribution in [1.82, 2.24) is 0 Å². The maximum Gasteiger partial charge on any atom is 0.139 e. The van der Waals surface area contributed by atoms with Gasteiger partial charge in [0.05, 0.1) is 12.2 Å². The fraction of sp³-hybridized carbons (Fsp3) is 0.950. The molecule has 0 saturated heterocycles. The Balaban J connectivity index is 1.70. The number of hydrogen-bond donors (Lipinski definition) is 2. The van der Waals surface area contributed by atoms with Gasteiger partial charge >= 0.3 is 0 Å². The van der Waals surface area contributed by atoms with Gasteiger partial charge in [-0.15, -0.1) is 0 Å². The summed E-state index contributed by atoms with van der Waals surface area (Å²) < 4.78 is 0. The van der Waals surface area contributed by atoms with Gasteiger partial charge in [-0.3, -0.25) is 4.79 Å². The van der Waals surface area contributed by atoms with E-state index in [-0.39, 0.29) is 23.0 Å². The molecule has 0 spiro atoms. The maximum atomic E-state index is 12.5. The number of carbonyl (C=O) groups excluding carboxylic acids is 1. The first-order chi connectivity index (χ1) is 10.8. The smallest absolute Gasteiger partial charge is 0.139 e. The zero-order valence-electron chi connectivity index (χ0n) is 14.8. The van der Waals surface area contributed by atoms with Crippen LogP contribution in [0, 0.1) is 40.4 Å². The van der Waals surface area contributed by atoms with E-state index < -0.39 is 0 Å². The molecule has 0 heterocycles. The fourth-order valence-electron chi connectivity index (χ4n) is 7.49. The summed E-state index contributed by atoms with van der Waals surface area (Å²) in [5.74, 6) is 2.54. The molecule has 130 valence electrons.